The third kappa shape index (κ3) is 3.06. The van der Waals surface area contributed by atoms with Crippen molar-refractivity contribution in [2.24, 2.45) is 0 Å². The molecule has 0 spiro atoms. The predicted octanol–water partition coefficient (Wildman–Crippen LogP) is 2.27. The van der Waals surface area contributed by atoms with Crippen molar-refractivity contribution < 1.29 is 34.7 Å². The summed E-state index contributed by atoms with van der Waals surface area (Å²) in [4.78, 5) is 12.7. The fraction of sp³-hybridized carbons (Fsp3) is 0.278. The minimum atomic E-state index is -1.53. The Morgan fingerprint density at radius 3 is 2.44 bits per heavy atom. The summed E-state index contributed by atoms with van der Waals surface area (Å²) < 4.78 is 11.2. The smallest absolute Gasteiger partial charge is 0.202 e. The highest BCUT2D eigenvalue weighted by Crippen LogP contribution is 2.43. The van der Waals surface area contributed by atoms with Gasteiger partial charge in [-0.05, 0) is 31.5 Å². The molecule has 7 nitrogen and oxygen atoms in total. The van der Waals surface area contributed by atoms with E-state index >= 15 is 0 Å². The Kier molecular flexibility index (Phi) is 4.18. The Hall–Kier alpha value is -2.93. The zero-order valence-electron chi connectivity index (χ0n) is 13.6. The van der Waals surface area contributed by atoms with Crippen LogP contribution in [0.15, 0.2) is 30.3 Å². The standard InChI is InChI=1S/C18H18O7/c1-8(2)24-13-6-10(19)7-14-15(13)16(22)17(23)18(25-14)9-3-4-11(20)12(21)5-9/h3-8,17-21,23H,1-2H3/t17-,18+/m0/s1. The number of aliphatic hydroxyl groups excluding tert-OH is 1. The van der Waals surface area contributed by atoms with Crippen LogP contribution in [-0.2, 0) is 0 Å². The highest BCUT2D eigenvalue weighted by Gasteiger charge is 2.39. The summed E-state index contributed by atoms with van der Waals surface area (Å²) in [5, 5.41) is 39.3. The number of phenols is 3. The van der Waals surface area contributed by atoms with Gasteiger partial charge in [0.25, 0.3) is 0 Å². The number of fused-ring (bicyclic) bond motifs is 1. The number of rotatable bonds is 3. The van der Waals surface area contributed by atoms with E-state index in [1.165, 1.54) is 30.3 Å². The molecule has 7 heteroatoms. The lowest BCUT2D eigenvalue weighted by atomic mass is 9.92. The molecule has 2 aromatic rings. The summed E-state index contributed by atoms with van der Waals surface area (Å²) in [6.07, 6.45) is -2.88. The molecular formula is C18H18O7. The Labute approximate surface area is 143 Å². The van der Waals surface area contributed by atoms with Crippen molar-refractivity contribution >= 4 is 5.78 Å². The van der Waals surface area contributed by atoms with Crippen molar-refractivity contribution in [1.29, 1.82) is 0 Å². The second-order valence-electron chi connectivity index (χ2n) is 6.08. The monoisotopic (exact) mass is 346 g/mol. The summed E-state index contributed by atoms with van der Waals surface area (Å²) in [6.45, 7) is 3.53. The highest BCUT2D eigenvalue weighted by molar-refractivity contribution is 6.05. The average Bonchev–Trinajstić information content (AvgIpc) is 2.52. The molecular weight excluding hydrogens is 328 g/mol. The number of ketones is 1. The van der Waals surface area contributed by atoms with Crippen molar-refractivity contribution in [3.63, 3.8) is 0 Å². The molecule has 132 valence electrons. The van der Waals surface area contributed by atoms with Gasteiger partial charge >= 0.3 is 0 Å². The maximum atomic E-state index is 12.7. The molecule has 0 unspecified atom stereocenters. The first kappa shape index (κ1) is 16.9. The second-order valence-corrected chi connectivity index (χ2v) is 6.08. The Morgan fingerprint density at radius 2 is 1.80 bits per heavy atom. The van der Waals surface area contributed by atoms with Crippen molar-refractivity contribution in [3.8, 4) is 28.7 Å². The van der Waals surface area contributed by atoms with Gasteiger partial charge in [-0.3, -0.25) is 4.79 Å². The molecule has 1 heterocycles. The van der Waals surface area contributed by atoms with E-state index in [1.807, 2.05) is 0 Å². The number of hydrogen-bond acceptors (Lipinski definition) is 7. The van der Waals surface area contributed by atoms with Crippen LogP contribution in [-0.4, -0.2) is 38.4 Å². The number of phenolic OH excluding ortho intramolecular Hbond substituents is 3. The molecule has 0 fully saturated rings. The van der Waals surface area contributed by atoms with Gasteiger partial charge in [0.05, 0.1) is 6.10 Å². The van der Waals surface area contributed by atoms with E-state index in [4.69, 9.17) is 9.47 Å². The van der Waals surface area contributed by atoms with Gasteiger partial charge in [-0.25, -0.2) is 0 Å². The molecule has 0 aliphatic carbocycles. The van der Waals surface area contributed by atoms with Crippen LogP contribution in [0.2, 0.25) is 0 Å². The summed E-state index contributed by atoms with van der Waals surface area (Å²) in [5.41, 5.74) is 0.356. The van der Waals surface area contributed by atoms with Crippen molar-refractivity contribution in [1.82, 2.24) is 0 Å². The van der Waals surface area contributed by atoms with Gasteiger partial charge < -0.3 is 29.9 Å². The molecule has 2 aromatic carbocycles. The van der Waals surface area contributed by atoms with E-state index in [0.717, 1.165) is 0 Å². The third-order valence-electron chi connectivity index (χ3n) is 3.80. The number of Topliss-reactive ketones (excluding diaryl/α,β-unsaturated/α-hetero) is 1. The van der Waals surface area contributed by atoms with E-state index in [1.54, 1.807) is 13.8 Å². The van der Waals surface area contributed by atoms with Crippen molar-refractivity contribution in [3.05, 3.63) is 41.5 Å². The number of ether oxygens (including phenoxy) is 2. The van der Waals surface area contributed by atoms with E-state index < -0.39 is 23.7 Å². The lowest BCUT2D eigenvalue weighted by molar-refractivity contribution is 0.0206. The van der Waals surface area contributed by atoms with Crippen LogP contribution in [0.3, 0.4) is 0 Å². The summed E-state index contributed by atoms with van der Waals surface area (Å²) in [7, 11) is 0. The maximum absolute atomic E-state index is 12.7. The third-order valence-corrected chi connectivity index (χ3v) is 3.80. The lowest BCUT2D eigenvalue weighted by Crippen LogP contribution is -2.36. The fourth-order valence-corrected chi connectivity index (χ4v) is 2.71. The van der Waals surface area contributed by atoms with Crippen LogP contribution in [0.5, 0.6) is 28.7 Å². The van der Waals surface area contributed by atoms with Gasteiger partial charge in [-0.1, -0.05) is 6.07 Å². The predicted molar refractivity (Wildman–Crippen MR) is 87.3 cm³/mol. The largest absolute Gasteiger partial charge is 0.508 e. The van der Waals surface area contributed by atoms with E-state index in [2.05, 4.69) is 0 Å². The molecule has 4 N–H and O–H groups in total. The van der Waals surface area contributed by atoms with Gasteiger partial charge in [0.1, 0.15) is 22.8 Å². The van der Waals surface area contributed by atoms with E-state index in [0.29, 0.717) is 5.56 Å². The molecule has 0 saturated heterocycles. The Morgan fingerprint density at radius 1 is 1.08 bits per heavy atom. The van der Waals surface area contributed by atoms with Crippen LogP contribution < -0.4 is 9.47 Å². The van der Waals surface area contributed by atoms with E-state index in [9.17, 15) is 25.2 Å². The highest BCUT2D eigenvalue weighted by atomic mass is 16.5. The first-order valence-electron chi connectivity index (χ1n) is 7.72. The van der Waals surface area contributed by atoms with Crippen LogP contribution in [0.1, 0.15) is 35.9 Å². The van der Waals surface area contributed by atoms with Crippen LogP contribution in [0.25, 0.3) is 0 Å². The molecule has 0 bridgehead atoms. The van der Waals surface area contributed by atoms with Crippen LogP contribution in [0, 0.1) is 0 Å². The zero-order chi connectivity index (χ0) is 18.3. The molecule has 0 amide bonds. The fourth-order valence-electron chi connectivity index (χ4n) is 2.71. The van der Waals surface area contributed by atoms with Crippen molar-refractivity contribution in [2.75, 3.05) is 0 Å². The lowest BCUT2D eigenvalue weighted by Gasteiger charge is -2.31. The molecule has 1 aliphatic rings. The van der Waals surface area contributed by atoms with Gasteiger partial charge in [0, 0.05) is 12.1 Å². The molecule has 2 atom stereocenters. The van der Waals surface area contributed by atoms with E-state index in [-0.39, 0.29) is 34.7 Å². The number of aliphatic hydroxyl groups is 1. The molecule has 0 saturated carbocycles. The SMILES string of the molecule is CC(C)Oc1cc(O)cc2c1C(=O)[C@H](O)[C@@H](c1ccc(O)c(O)c1)O2. The number of hydrogen-bond donors (Lipinski definition) is 4. The summed E-state index contributed by atoms with van der Waals surface area (Å²) in [5.74, 6) is -1.29. The van der Waals surface area contributed by atoms with Gasteiger partial charge in [0.15, 0.2) is 23.7 Å². The second kappa shape index (κ2) is 6.18. The maximum Gasteiger partial charge on any atom is 0.202 e. The van der Waals surface area contributed by atoms with Gasteiger partial charge in [0.2, 0.25) is 5.78 Å². The molecule has 3 rings (SSSR count). The molecule has 0 aromatic heterocycles. The summed E-state index contributed by atoms with van der Waals surface area (Å²) >= 11 is 0. The van der Waals surface area contributed by atoms with Gasteiger partial charge in [-0.15, -0.1) is 0 Å². The number of benzene rings is 2. The first-order valence-corrected chi connectivity index (χ1v) is 7.72. The number of carbonyl (C=O) groups excluding carboxylic acids is 1. The molecule has 1 aliphatic heterocycles. The minimum Gasteiger partial charge on any atom is -0.508 e. The minimum absolute atomic E-state index is 0.0539. The number of carbonyl (C=O) groups is 1. The molecule has 0 radical (unpaired) electrons. The van der Waals surface area contributed by atoms with Gasteiger partial charge in [-0.2, -0.15) is 0 Å². The van der Waals surface area contributed by atoms with Crippen LogP contribution in [0.4, 0.5) is 0 Å². The zero-order valence-corrected chi connectivity index (χ0v) is 13.6. The Balaban J connectivity index is 2.06. The van der Waals surface area contributed by atoms with Crippen LogP contribution >= 0.6 is 0 Å². The average molecular weight is 346 g/mol. The normalized spacial score (nSPS) is 19.4. The number of aromatic hydroxyl groups is 3. The molecule has 25 heavy (non-hydrogen) atoms. The Bertz CT molecular complexity index is 828. The summed E-state index contributed by atoms with van der Waals surface area (Å²) in [6, 6.07) is 6.42. The quantitative estimate of drug-likeness (QED) is 0.630. The topological polar surface area (TPSA) is 116 Å². The van der Waals surface area contributed by atoms with Crippen molar-refractivity contribution in [2.45, 2.75) is 32.2 Å². The first-order chi connectivity index (χ1) is 11.8.